The lowest BCUT2D eigenvalue weighted by atomic mass is 9.72. The van der Waals surface area contributed by atoms with Crippen molar-refractivity contribution in [3.05, 3.63) is 42.6 Å². The summed E-state index contributed by atoms with van der Waals surface area (Å²) >= 11 is 8.37. The van der Waals surface area contributed by atoms with Gasteiger partial charge in [0.05, 0.1) is 22.7 Å². The minimum absolute atomic E-state index is 0.230. The molecule has 1 heterocycles. The lowest BCUT2D eigenvalue weighted by molar-refractivity contribution is 0.102. The molecule has 1 unspecified atom stereocenters. The summed E-state index contributed by atoms with van der Waals surface area (Å²) in [5.41, 5.74) is 2.35. The average Bonchev–Trinajstić information content (AvgIpc) is 2.96. The monoisotopic (exact) mass is 524 g/mol. The topological polar surface area (TPSA) is 62.1 Å². The molecule has 3 rings (SSSR count). The second-order valence-electron chi connectivity index (χ2n) is 8.05. The number of carbonyl (C=O) groups excluding carboxylic acids is 1. The summed E-state index contributed by atoms with van der Waals surface area (Å²) in [6.45, 7) is 6.80. The molecule has 1 aromatic heterocycles. The van der Waals surface area contributed by atoms with Crippen LogP contribution in [0.3, 0.4) is 0 Å². The van der Waals surface area contributed by atoms with Crippen molar-refractivity contribution in [3.8, 4) is 11.8 Å². The fourth-order valence-electron chi connectivity index (χ4n) is 3.64. The van der Waals surface area contributed by atoms with E-state index in [0.29, 0.717) is 32.3 Å². The number of nitrogens with one attached hydrogen (secondary N) is 1. The first-order valence-electron chi connectivity index (χ1n) is 9.04. The number of ether oxygens (including phenoxy) is 1. The number of methoxy groups -OCH3 is 1. The molecule has 4 nitrogen and oxygen atoms in total. The van der Waals surface area contributed by atoms with Crippen LogP contribution in [0.2, 0.25) is 0 Å². The van der Waals surface area contributed by atoms with E-state index in [1.807, 2.05) is 6.07 Å². The molecule has 28 heavy (non-hydrogen) atoms. The Bertz CT molecular complexity index is 970. The number of halogens is 2. The number of carbonyl (C=O) groups is 1. The third-order valence-electron chi connectivity index (χ3n) is 5.29. The third kappa shape index (κ3) is 4.14. The van der Waals surface area contributed by atoms with Crippen molar-refractivity contribution in [2.45, 2.75) is 40.0 Å². The van der Waals surface area contributed by atoms with E-state index in [1.54, 1.807) is 6.07 Å². The molecule has 0 saturated carbocycles. The van der Waals surface area contributed by atoms with Crippen LogP contribution >= 0.6 is 43.2 Å². The minimum Gasteiger partial charge on any atom is -0.495 e. The van der Waals surface area contributed by atoms with Gasteiger partial charge in [0.1, 0.15) is 16.8 Å². The van der Waals surface area contributed by atoms with E-state index in [-0.39, 0.29) is 11.3 Å². The zero-order valence-corrected chi connectivity index (χ0v) is 20.3. The summed E-state index contributed by atoms with van der Waals surface area (Å²) in [6.07, 6.45) is 2.92. The molecule has 2 aromatic rings. The number of hydrogen-bond acceptors (Lipinski definition) is 4. The first-order valence-corrected chi connectivity index (χ1v) is 11.4. The second kappa shape index (κ2) is 8.17. The highest BCUT2D eigenvalue weighted by Gasteiger charge is 2.32. The normalized spacial score (nSPS) is 16.2. The quantitative estimate of drug-likeness (QED) is 0.493. The maximum Gasteiger partial charge on any atom is 0.260 e. The van der Waals surface area contributed by atoms with Gasteiger partial charge in [-0.1, -0.05) is 36.7 Å². The standard InChI is InChI=1S/C21H22Br2N2O2S/c1-21(2,3)11-5-6-13-15(10-24)20(28-17(13)7-11)25-19(26)14-8-12(22)9-16(23)18(14)27-4/h8-9,11H,5-7H2,1-4H3,(H,25,26). The van der Waals surface area contributed by atoms with Crippen molar-refractivity contribution >= 4 is 54.1 Å². The molecule has 1 aliphatic carbocycles. The van der Waals surface area contributed by atoms with Crippen LogP contribution in [0, 0.1) is 22.7 Å². The molecule has 1 N–H and O–H groups in total. The van der Waals surface area contributed by atoms with Crippen molar-refractivity contribution in [2.24, 2.45) is 11.3 Å². The Hall–Kier alpha value is -1.36. The Morgan fingerprint density at radius 2 is 2.07 bits per heavy atom. The van der Waals surface area contributed by atoms with Crippen LogP contribution < -0.4 is 10.1 Å². The largest absolute Gasteiger partial charge is 0.495 e. The van der Waals surface area contributed by atoms with E-state index in [4.69, 9.17) is 4.74 Å². The maximum atomic E-state index is 13.0. The fourth-order valence-corrected chi connectivity index (χ4v) is 6.30. The number of rotatable bonds is 3. The molecule has 0 aliphatic heterocycles. The van der Waals surface area contributed by atoms with E-state index in [2.05, 4.69) is 64.0 Å². The van der Waals surface area contributed by atoms with Crippen LogP contribution in [0.15, 0.2) is 21.1 Å². The lowest BCUT2D eigenvalue weighted by Crippen LogP contribution is -2.26. The van der Waals surface area contributed by atoms with Crippen molar-refractivity contribution in [1.29, 1.82) is 5.26 Å². The number of benzene rings is 1. The van der Waals surface area contributed by atoms with Crippen LogP contribution in [0.25, 0.3) is 0 Å². The van der Waals surface area contributed by atoms with Crippen LogP contribution in [-0.4, -0.2) is 13.0 Å². The molecule has 0 spiro atoms. The summed E-state index contributed by atoms with van der Waals surface area (Å²) in [4.78, 5) is 14.2. The van der Waals surface area contributed by atoms with Gasteiger partial charge in [-0.2, -0.15) is 5.26 Å². The molecule has 0 saturated heterocycles. The fraction of sp³-hybridized carbons (Fsp3) is 0.429. The van der Waals surface area contributed by atoms with Gasteiger partial charge >= 0.3 is 0 Å². The Balaban J connectivity index is 1.94. The van der Waals surface area contributed by atoms with Crippen LogP contribution in [0.1, 0.15) is 53.6 Å². The minimum atomic E-state index is -0.290. The maximum absolute atomic E-state index is 13.0. The summed E-state index contributed by atoms with van der Waals surface area (Å²) < 4.78 is 6.85. The summed E-state index contributed by atoms with van der Waals surface area (Å²) in [6, 6.07) is 5.85. The van der Waals surface area contributed by atoms with Gasteiger partial charge in [0.25, 0.3) is 5.91 Å². The molecule has 148 valence electrons. The number of anilines is 1. The van der Waals surface area contributed by atoms with Crippen LogP contribution in [-0.2, 0) is 12.8 Å². The highest BCUT2D eigenvalue weighted by molar-refractivity contribution is 9.11. The molecule has 1 aromatic carbocycles. The van der Waals surface area contributed by atoms with Crippen molar-refractivity contribution < 1.29 is 9.53 Å². The third-order valence-corrected chi connectivity index (χ3v) is 7.50. The van der Waals surface area contributed by atoms with E-state index >= 15 is 0 Å². The SMILES string of the molecule is COc1c(Br)cc(Br)cc1C(=O)Nc1sc2c(c1C#N)CCC(C(C)(C)C)C2. The van der Waals surface area contributed by atoms with Gasteiger partial charge in [-0.15, -0.1) is 11.3 Å². The first-order chi connectivity index (χ1) is 13.2. The highest BCUT2D eigenvalue weighted by atomic mass is 79.9. The predicted octanol–water partition coefficient (Wildman–Crippen LogP) is 6.56. The van der Waals surface area contributed by atoms with Gasteiger partial charge < -0.3 is 10.1 Å². The van der Waals surface area contributed by atoms with Gasteiger partial charge in [-0.3, -0.25) is 4.79 Å². The number of fused-ring (bicyclic) bond motifs is 1. The molecule has 7 heteroatoms. The average molecular weight is 526 g/mol. The number of nitrogens with zero attached hydrogens (tertiary/aromatic N) is 1. The highest BCUT2D eigenvalue weighted by Crippen LogP contribution is 2.44. The van der Waals surface area contributed by atoms with Gasteiger partial charge in [-0.25, -0.2) is 0 Å². The molecule has 0 bridgehead atoms. The molecular formula is C21H22Br2N2O2S. The van der Waals surface area contributed by atoms with Gasteiger partial charge in [0, 0.05) is 9.35 Å². The second-order valence-corrected chi connectivity index (χ2v) is 10.9. The summed E-state index contributed by atoms with van der Waals surface area (Å²) in [5.74, 6) is 0.754. The number of thiophene rings is 1. The van der Waals surface area contributed by atoms with Crippen molar-refractivity contribution in [3.63, 3.8) is 0 Å². The zero-order chi connectivity index (χ0) is 20.6. The summed E-state index contributed by atoms with van der Waals surface area (Å²) in [7, 11) is 1.53. The van der Waals surface area contributed by atoms with Crippen molar-refractivity contribution in [1.82, 2.24) is 0 Å². The zero-order valence-electron chi connectivity index (χ0n) is 16.3. The molecule has 1 aliphatic rings. The Kier molecular flexibility index (Phi) is 6.23. The van der Waals surface area contributed by atoms with Crippen LogP contribution in [0.5, 0.6) is 5.75 Å². The Morgan fingerprint density at radius 3 is 2.68 bits per heavy atom. The van der Waals surface area contributed by atoms with E-state index in [0.717, 1.165) is 29.3 Å². The van der Waals surface area contributed by atoms with Gasteiger partial charge in [0.2, 0.25) is 0 Å². The molecular weight excluding hydrogens is 504 g/mol. The van der Waals surface area contributed by atoms with E-state index < -0.39 is 0 Å². The summed E-state index contributed by atoms with van der Waals surface area (Å²) in [5, 5.41) is 13.3. The van der Waals surface area contributed by atoms with E-state index in [9.17, 15) is 10.1 Å². The van der Waals surface area contributed by atoms with Crippen LogP contribution in [0.4, 0.5) is 5.00 Å². The van der Waals surface area contributed by atoms with E-state index in [1.165, 1.54) is 23.3 Å². The Labute approximate surface area is 186 Å². The first kappa shape index (κ1) is 21.4. The number of hydrogen-bond donors (Lipinski definition) is 1. The molecule has 0 radical (unpaired) electrons. The lowest BCUT2D eigenvalue weighted by Gasteiger charge is -2.33. The van der Waals surface area contributed by atoms with Gasteiger partial charge in [-0.05, 0) is 64.2 Å². The molecule has 1 amide bonds. The molecule has 0 fully saturated rings. The smallest absolute Gasteiger partial charge is 0.260 e. The Morgan fingerprint density at radius 1 is 1.36 bits per heavy atom. The van der Waals surface area contributed by atoms with Crippen molar-refractivity contribution in [2.75, 3.05) is 12.4 Å². The van der Waals surface area contributed by atoms with Gasteiger partial charge in [0.15, 0.2) is 0 Å². The number of nitriles is 1. The number of amides is 1. The predicted molar refractivity (Wildman–Crippen MR) is 120 cm³/mol. The molecule has 1 atom stereocenters.